The maximum atomic E-state index is 12.5. The molecule has 6 nitrogen and oxygen atoms in total. The van der Waals surface area contributed by atoms with Gasteiger partial charge in [-0.1, -0.05) is 29.8 Å². The van der Waals surface area contributed by atoms with E-state index >= 15 is 0 Å². The first kappa shape index (κ1) is 18.6. The summed E-state index contributed by atoms with van der Waals surface area (Å²) in [6.07, 6.45) is 1.42. The minimum absolute atomic E-state index is 0.199. The zero-order valence-corrected chi connectivity index (χ0v) is 16.1. The van der Waals surface area contributed by atoms with E-state index in [-0.39, 0.29) is 31.3 Å². The highest BCUT2D eigenvalue weighted by Crippen LogP contribution is 2.49. The van der Waals surface area contributed by atoms with Crippen molar-refractivity contribution in [2.75, 3.05) is 13.4 Å². The quantitative estimate of drug-likeness (QED) is 0.749. The highest BCUT2D eigenvalue weighted by Gasteiger charge is 2.52. The van der Waals surface area contributed by atoms with Gasteiger partial charge in [0, 0.05) is 5.02 Å². The van der Waals surface area contributed by atoms with Gasteiger partial charge >= 0.3 is 5.97 Å². The molecule has 0 aromatic heterocycles. The number of benzene rings is 2. The Hall–Kier alpha value is -2.73. The molecule has 1 atom stereocenters. The summed E-state index contributed by atoms with van der Waals surface area (Å²) in [4.78, 5) is 24.8. The number of esters is 1. The highest BCUT2D eigenvalue weighted by molar-refractivity contribution is 6.30. The molecule has 4 rings (SSSR count). The van der Waals surface area contributed by atoms with Gasteiger partial charge in [-0.15, -0.1) is 0 Å². The van der Waals surface area contributed by atoms with Crippen molar-refractivity contribution >= 4 is 23.5 Å². The highest BCUT2D eigenvalue weighted by atomic mass is 35.5. The van der Waals surface area contributed by atoms with Crippen molar-refractivity contribution < 1.29 is 23.8 Å². The van der Waals surface area contributed by atoms with Crippen LogP contribution >= 0.6 is 11.6 Å². The normalized spacial score (nSPS) is 16.9. The number of carbonyl (C=O) groups is 2. The molecule has 0 unspecified atom stereocenters. The third-order valence-electron chi connectivity index (χ3n) is 5.15. The van der Waals surface area contributed by atoms with E-state index in [0.29, 0.717) is 29.4 Å². The van der Waals surface area contributed by atoms with Crippen LogP contribution in [-0.4, -0.2) is 25.3 Å². The maximum Gasteiger partial charge on any atom is 0.317 e. The van der Waals surface area contributed by atoms with Crippen molar-refractivity contribution in [3.8, 4) is 11.5 Å². The van der Waals surface area contributed by atoms with Gasteiger partial charge in [-0.25, -0.2) is 0 Å². The van der Waals surface area contributed by atoms with Crippen LogP contribution < -0.4 is 14.8 Å². The molecule has 1 saturated carbocycles. The smallest absolute Gasteiger partial charge is 0.317 e. The summed E-state index contributed by atoms with van der Waals surface area (Å²) in [5.41, 5.74) is 1.10. The summed E-state index contributed by atoms with van der Waals surface area (Å²) in [5.74, 6) is 0.614. The second-order valence-electron chi connectivity index (χ2n) is 7.07. The molecule has 0 saturated heterocycles. The average molecular weight is 402 g/mol. The van der Waals surface area contributed by atoms with E-state index in [1.54, 1.807) is 12.1 Å². The molecule has 0 bridgehead atoms. The van der Waals surface area contributed by atoms with E-state index in [1.807, 2.05) is 37.3 Å². The van der Waals surface area contributed by atoms with Crippen LogP contribution in [-0.2, 0) is 19.7 Å². The molecule has 28 heavy (non-hydrogen) atoms. The summed E-state index contributed by atoms with van der Waals surface area (Å²) in [7, 11) is 0. The van der Waals surface area contributed by atoms with E-state index in [4.69, 9.17) is 25.8 Å². The molecule has 0 radical (unpaired) electrons. The summed E-state index contributed by atoms with van der Waals surface area (Å²) < 4.78 is 15.9. The number of hydrogen-bond donors (Lipinski definition) is 1. The van der Waals surface area contributed by atoms with Crippen molar-refractivity contribution in [2.24, 2.45) is 0 Å². The molecule has 2 aromatic rings. The number of halogens is 1. The number of ether oxygens (including phenoxy) is 3. The van der Waals surface area contributed by atoms with Gasteiger partial charge in [0.2, 0.25) is 6.79 Å². The fourth-order valence-electron chi connectivity index (χ4n) is 3.32. The predicted molar refractivity (Wildman–Crippen MR) is 102 cm³/mol. The number of carbonyl (C=O) groups excluding carboxylic acids is 2. The predicted octanol–water partition coefficient (Wildman–Crippen LogP) is 3.52. The molecule has 2 aromatic carbocycles. The fraction of sp³-hybridized carbons (Fsp3) is 0.333. The molecule has 7 heteroatoms. The van der Waals surface area contributed by atoms with Crippen LogP contribution in [0.4, 0.5) is 0 Å². The molecule has 1 amide bonds. The summed E-state index contributed by atoms with van der Waals surface area (Å²) in [6, 6.07) is 12.4. The summed E-state index contributed by atoms with van der Waals surface area (Å²) in [5, 5.41) is 3.45. The average Bonchev–Trinajstić information content (AvgIpc) is 3.37. The van der Waals surface area contributed by atoms with Crippen LogP contribution in [0.3, 0.4) is 0 Å². The second-order valence-corrected chi connectivity index (χ2v) is 7.50. The number of fused-ring (bicyclic) bond motifs is 1. The van der Waals surface area contributed by atoms with Crippen molar-refractivity contribution in [1.82, 2.24) is 5.32 Å². The number of amides is 1. The molecule has 2 aliphatic rings. The summed E-state index contributed by atoms with van der Waals surface area (Å²) >= 11 is 5.91. The fourth-order valence-corrected chi connectivity index (χ4v) is 3.45. The maximum absolute atomic E-state index is 12.5. The molecular weight excluding hydrogens is 382 g/mol. The lowest BCUT2D eigenvalue weighted by atomic mass is 9.96. The first-order valence-corrected chi connectivity index (χ1v) is 9.48. The number of nitrogens with one attached hydrogen (secondary N) is 1. The van der Waals surface area contributed by atoms with Crippen molar-refractivity contribution in [2.45, 2.75) is 31.2 Å². The van der Waals surface area contributed by atoms with Crippen LogP contribution in [0.15, 0.2) is 42.5 Å². The van der Waals surface area contributed by atoms with Crippen molar-refractivity contribution in [3.63, 3.8) is 0 Å². The summed E-state index contributed by atoms with van der Waals surface area (Å²) in [6.45, 7) is 1.74. The molecule has 1 N–H and O–H groups in total. The molecule has 1 aliphatic carbocycles. The van der Waals surface area contributed by atoms with Crippen LogP contribution in [0.2, 0.25) is 5.02 Å². The van der Waals surface area contributed by atoms with Gasteiger partial charge in [0.1, 0.15) is 0 Å². The third kappa shape index (κ3) is 3.64. The molecular formula is C21H20ClNO5. The monoisotopic (exact) mass is 401 g/mol. The number of rotatable bonds is 6. The Morgan fingerprint density at radius 2 is 1.86 bits per heavy atom. The standard InChI is InChI=1S/C21H20ClNO5/c1-13(14-2-7-17-18(10-14)28-12-27-17)23-19(24)11-26-20(25)21(8-9-21)15-3-5-16(22)6-4-15/h2-7,10,13H,8-9,11-12H2,1H3,(H,23,24)/t13-/m1/s1. The Morgan fingerprint density at radius 1 is 1.14 bits per heavy atom. The molecule has 1 aliphatic heterocycles. The molecule has 1 fully saturated rings. The van der Waals surface area contributed by atoms with Gasteiger partial charge in [0.05, 0.1) is 11.5 Å². The SMILES string of the molecule is C[C@@H](NC(=O)COC(=O)C1(c2ccc(Cl)cc2)CC1)c1ccc2c(c1)OCO2. The van der Waals surface area contributed by atoms with E-state index in [9.17, 15) is 9.59 Å². The molecule has 0 spiro atoms. The van der Waals surface area contributed by atoms with E-state index in [0.717, 1.165) is 11.1 Å². The Labute approximate surface area is 167 Å². The zero-order chi connectivity index (χ0) is 19.7. The minimum atomic E-state index is -0.645. The van der Waals surface area contributed by atoms with Gasteiger partial charge in [0.25, 0.3) is 5.91 Å². The Morgan fingerprint density at radius 3 is 2.57 bits per heavy atom. The minimum Gasteiger partial charge on any atom is -0.455 e. The molecule has 1 heterocycles. The molecule has 146 valence electrons. The van der Waals surface area contributed by atoms with E-state index in [2.05, 4.69) is 5.32 Å². The first-order chi connectivity index (χ1) is 13.5. The lowest BCUT2D eigenvalue weighted by Crippen LogP contribution is -2.33. The van der Waals surface area contributed by atoms with Crippen LogP contribution in [0.25, 0.3) is 0 Å². The van der Waals surface area contributed by atoms with E-state index in [1.165, 1.54) is 0 Å². The first-order valence-electron chi connectivity index (χ1n) is 9.10. The topological polar surface area (TPSA) is 73.9 Å². The van der Waals surface area contributed by atoms with E-state index < -0.39 is 5.41 Å². The van der Waals surface area contributed by atoms with Crippen LogP contribution in [0.5, 0.6) is 11.5 Å². The third-order valence-corrected chi connectivity index (χ3v) is 5.40. The van der Waals surface area contributed by atoms with Gasteiger partial charge < -0.3 is 19.5 Å². The Bertz CT molecular complexity index is 908. The lowest BCUT2D eigenvalue weighted by Gasteiger charge is -2.17. The van der Waals surface area contributed by atoms with Gasteiger partial charge in [0.15, 0.2) is 18.1 Å². The van der Waals surface area contributed by atoms with Gasteiger partial charge in [-0.05, 0) is 55.2 Å². The lowest BCUT2D eigenvalue weighted by molar-refractivity contribution is -0.151. The Balaban J connectivity index is 1.32. The second kappa shape index (κ2) is 7.36. The van der Waals surface area contributed by atoms with Crippen LogP contribution in [0, 0.1) is 0 Å². The van der Waals surface area contributed by atoms with Gasteiger partial charge in [-0.2, -0.15) is 0 Å². The Kier molecular flexibility index (Phi) is 4.89. The largest absolute Gasteiger partial charge is 0.455 e. The number of hydrogen-bond acceptors (Lipinski definition) is 5. The van der Waals surface area contributed by atoms with Crippen molar-refractivity contribution in [3.05, 3.63) is 58.6 Å². The van der Waals surface area contributed by atoms with Gasteiger partial charge in [-0.3, -0.25) is 9.59 Å². The van der Waals surface area contributed by atoms with Crippen LogP contribution in [0.1, 0.15) is 36.9 Å². The van der Waals surface area contributed by atoms with Crippen molar-refractivity contribution in [1.29, 1.82) is 0 Å². The zero-order valence-electron chi connectivity index (χ0n) is 15.4.